The minimum Gasteiger partial charge on any atom is -0.496 e. The molecule has 3 rings (SSSR count). The third kappa shape index (κ3) is 2.00. The number of aromatic amines is 1. The molecule has 0 aliphatic rings. The maximum absolute atomic E-state index is 6.08. The minimum absolute atomic E-state index is 0.451. The van der Waals surface area contributed by atoms with Crippen molar-refractivity contribution in [1.82, 2.24) is 9.97 Å². The number of nitrogens with one attached hydrogen (secondary N) is 1. The van der Waals surface area contributed by atoms with Gasteiger partial charge in [0.15, 0.2) is 0 Å². The fourth-order valence-corrected chi connectivity index (χ4v) is 2.34. The van der Waals surface area contributed by atoms with Crippen molar-refractivity contribution in [3.05, 3.63) is 41.6 Å². The number of nitrogens with zero attached hydrogens (tertiary/aromatic N) is 1. The van der Waals surface area contributed by atoms with Gasteiger partial charge in [-0.05, 0) is 30.3 Å². The van der Waals surface area contributed by atoms with Gasteiger partial charge in [0.05, 0.1) is 7.11 Å². The molecule has 0 unspecified atom stereocenters. The number of pyridine rings is 1. The molecular weight excluding hydrogens is 262 g/mol. The molecule has 0 spiro atoms. The van der Waals surface area contributed by atoms with Gasteiger partial charge in [-0.25, -0.2) is 4.98 Å². The lowest BCUT2D eigenvalue weighted by Crippen LogP contribution is -1.94. The molecule has 0 saturated heterocycles. The smallest absolute Gasteiger partial charge is 0.140 e. The van der Waals surface area contributed by atoms with Crippen LogP contribution < -0.4 is 10.5 Å². The first-order valence-corrected chi connectivity index (χ1v) is 6.14. The zero-order chi connectivity index (χ0) is 13.4. The molecule has 0 aliphatic heterocycles. The number of aromatic nitrogens is 2. The Morgan fingerprint density at radius 2 is 2.05 bits per heavy atom. The van der Waals surface area contributed by atoms with Gasteiger partial charge in [0.1, 0.15) is 17.2 Å². The monoisotopic (exact) mass is 273 g/mol. The SMILES string of the molecule is COc1ccc(Cl)cc1-c1cc(N)nc2[nH]ccc12. The number of ether oxygens (including phenoxy) is 1. The number of halogens is 1. The Morgan fingerprint density at radius 3 is 2.84 bits per heavy atom. The molecule has 0 atom stereocenters. The second kappa shape index (κ2) is 4.48. The van der Waals surface area contributed by atoms with Crippen molar-refractivity contribution >= 4 is 28.5 Å². The average molecular weight is 274 g/mol. The number of benzene rings is 1. The van der Waals surface area contributed by atoms with Crippen LogP contribution in [0.5, 0.6) is 5.75 Å². The molecule has 96 valence electrons. The Bertz CT molecular complexity index is 752. The summed E-state index contributed by atoms with van der Waals surface area (Å²) in [5, 5.41) is 1.63. The number of hydrogen-bond acceptors (Lipinski definition) is 3. The highest BCUT2D eigenvalue weighted by Crippen LogP contribution is 2.36. The zero-order valence-corrected chi connectivity index (χ0v) is 11.0. The van der Waals surface area contributed by atoms with Gasteiger partial charge in [-0.3, -0.25) is 0 Å². The minimum atomic E-state index is 0.451. The number of nitrogen functional groups attached to an aromatic ring is 1. The van der Waals surface area contributed by atoms with E-state index in [0.29, 0.717) is 10.8 Å². The van der Waals surface area contributed by atoms with Crippen LogP contribution in [0, 0.1) is 0 Å². The van der Waals surface area contributed by atoms with E-state index < -0.39 is 0 Å². The fourth-order valence-electron chi connectivity index (χ4n) is 2.17. The summed E-state index contributed by atoms with van der Waals surface area (Å²) in [7, 11) is 1.63. The molecule has 3 aromatic rings. The van der Waals surface area contributed by atoms with Gasteiger partial charge in [0.25, 0.3) is 0 Å². The number of nitrogens with two attached hydrogens (primary N) is 1. The molecule has 1 aromatic carbocycles. The Balaban J connectivity index is 2.35. The van der Waals surface area contributed by atoms with Crippen LogP contribution in [0.4, 0.5) is 5.82 Å². The van der Waals surface area contributed by atoms with Crippen LogP contribution >= 0.6 is 11.6 Å². The van der Waals surface area contributed by atoms with Crippen molar-refractivity contribution in [3.63, 3.8) is 0 Å². The van der Waals surface area contributed by atoms with Crippen molar-refractivity contribution in [2.75, 3.05) is 12.8 Å². The van der Waals surface area contributed by atoms with E-state index in [2.05, 4.69) is 9.97 Å². The van der Waals surface area contributed by atoms with Gasteiger partial charge in [0, 0.05) is 27.7 Å². The highest BCUT2D eigenvalue weighted by molar-refractivity contribution is 6.31. The summed E-state index contributed by atoms with van der Waals surface area (Å²) in [4.78, 5) is 7.31. The van der Waals surface area contributed by atoms with Gasteiger partial charge in [-0.1, -0.05) is 11.6 Å². The third-order valence-corrected chi connectivity index (χ3v) is 3.24. The van der Waals surface area contributed by atoms with E-state index in [1.54, 1.807) is 13.2 Å². The predicted molar refractivity (Wildman–Crippen MR) is 77.5 cm³/mol. The van der Waals surface area contributed by atoms with Crippen molar-refractivity contribution < 1.29 is 4.74 Å². The molecule has 2 aromatic heterocycles. The number of rotatable bonds is 2. The maximum atomic E-state index is 6.08. The fraction of sp³-hybridized carbons (Fsp3) is 0.0714. The molecule has 0 bridgehead atoms. The highest BCUT2D eigenvalue weighted by Gasteiger charge is 2.12. The maximum Gasteiger partial charge on any atom is 0.140 e. The summed E-state index contributed by atoms with van der Waals surface area (Å²) in [6, 6.07) is 9.28. The Labute approximate surface area is 115 Å². The zero-order valence-electron chi connectivity index (χ0n) is 10.3. The van der Waals surface area contributed by atoms with Gasteiger partial charge < -0.3 is 15.5 Å². The van der Waals surface area contributed by atoms with Gasteiger partial charge in [-0.2, -0.15) is 0 Å². The van der Waals surface area contributed by atoms with E-state index in [4.69, 9.17) is 22.1 Å². The third-order valence-electron chi connectivity index (χ3n) is 3.00. The normalized spacial score (nSPS) is 10.8. The van der Waals surface area contributed by atoms with Crippen molar-refractivity contribution in [3.8, 4) is 16.9 Å². The van der Waals surface area contributed by atoms with Crippen LogP contribution in [0.2, 0.25) is 5.02 Å². The number of hydrogen-bond donors (Lipinski definition) is 2. The van der Waals surface area contributed by atoms with E-state index in [0.717, 1.165) is 27.9 Å². The number of H-pyrrole nitrogens is 1. The Morgan fingerprint density at radius 1 is 1.21 bits per heavy atom. The lowest BCUT2D eigenvalue weighted by atomic mass is 10.0. The molecular formula is C14H12ClN3O. The molecule has 3 N–H and O–H groups in total. The standard InChI is InChI=1S/C14H12ClN3O/c1-19-12-3-2-8(15)6-11(12)10-7-13(16)18-14-9(10)4-5-17-14/h2-7H,1H3,(H3,16,17,18). The van der Waals surface area contributed by atoms with E-state index in [-0.39, 0.29) is 0 Å². The lowest BCUT2D eigenvalue weighted by molar-refractivity contribution is 0.416. The molecule has 0 aliphatic carbocycles. The highest BCUT2D eigenvalue weighted by atomic mass is 35.5. The molecule has 4 nitrogen and oxygen atoms in total. The van der Waals surface area contributed by atoms with E-state index in [1.807, 2.05) is 30.5 Å². The molecule has 0 saturated carbocycles. The van der Waals surface area contributed by atoms with Crippen LogP contribution in [-0.2, 0) is 0 Å². The summed E-state index contributed by atoms with van der Waals surface area (Å²) >= 11 is 6.08. The lowest BCUT2D eigenvalue weighted by Gasteiger charge is -2.10. The van der Waals surface area contributed by atoms with Gasteiger partial charge in [-0.15, -0.1) is 0 Å². The number of anilines is 1. The van der Waals surface area contributed by atoms with Crippen LogP contribution in [-0.4, -0.2) is 17.1 Å². The van der Waals surface area contributed by atoms with Gasteiger partial charge >= 0.3 is 0 Å². The summed E-state index contributed by atoms with van der Waals surface area (Å²) in [6.07, 6.45) is 1.83. The largest absolute Gasteiger partial charge is 0.496 e. The van der Waals surface area contributed by atoms with Crippen molar-refractivity contribution in [1.29, 1.82) is 0 Å². The van der Waals surface area contributed by atoms with Crippen LogP contribution in [0.3, 0.4) is 0 Å². The second-order valence-corrected chi connectivity index (χ2v) is 4.62. The summed E-state index contributed by atoms with van der Waals surface area (Å²) < 4.78 is 5.39. The quantitative estimate of drug-likeness (QED) is 0.751. The van der Waals surface area contributed by atoms with Crippen LogP contribution in [0.15, 0.2) is 36.5 Å². The summed E-state index contributed by atoms with van der Waals surface area (Å²) in [6.45, 7) is 0. The van der Waals surface area contributed by atoms with E-state index >= 15 is 0 Å². The molecule has 2 heterocycles. The molecule has 0 amide bonds. The Kier molecular flexibility index (Phi) is 2.80. The van der Waals surface area contributed by atoms with E-state index in [9.17, 15) is 0 Å². The van der Waals surface area contributed by atoms with Crippen molar-refractivity contribution in [2.45, 2.75) is 0 Å². The molecule has 5 heteroatoms. The topological polar surface area (TPSA) is 63.9 Å². The molecule has 0 radical (unpaired) electrons. The van der Waals surface area contributed by atoms with E-state index in [1.165, 1.54) is 0 Å². The first-order valence-electron chi connectivity index (χ1n) is 5.76. The van der Waals surface area contributed by atoms with Gasteiger partial charge in [0.2, 0.25) is 0 Å². The number of methoxy groups -OCH3 is 1. The second-order valence-electron chi connectivity index (χ2n) is 4.18. The predicted octanol–water partition coefficient (Wildman–Crippen LogP) is 3.47. The molecule has 19 heavy (non-hydrogen) atoms. The average Bonchev–Trinajstić information content (AvgIpc) is 2.85. The first kappa shape index (κ1) is 11.9. The Hall–Kier alpha value is -2.20. The van der Waals surface area contributed by atoms with Crippen molar-refractivity contribution in [2.24, 2.45) is 0 Å². The molecule has 0 fully saturated rings. The summed E-state index contributed by atoms with van der Waals surface area (Å²) in [5.41, 5.74) is 8.44. The summed E-state index contributed by atoms with van der Waals surface area (Å²) in [5.74, 6) is 1.20. The van der Waals surface area contributed by atoms with Crippen LogP contribution in [0.1, 0.15) is 0 Å². The first-order chi connectivity index (χ1) is 9.19. The van der Waals surface area contributed by atoms with Crippen LogP contribution in [0.25, 0.3) is 22.2 Å². The number of fused-ring (bicyclic) bond motifs is 1.